The predicted octanol–water partition coefficient (Wildman–Crippen LogP) is 2.88. The van der Waals surface area contributed by atoms with Crippen LogP contribution in [-0.2, 0) is 6.42 Å². The van der Waals surface area contributed by atoms with Crippen LogP contribution in [0, 0.1) is 0 Å². The van der Waals surface area contributed by atoms with E-state index >= 15 is 0 Å². The first kappa shape index (κ1) is 10.3. The number of hydrogen-bond donors (Lipinski definition) is 0. The van der Waals surface area contributed by atoms with Gasteiger partial charge in [0.2, 0.25) is 0 Å². The first-order chi connectivity index (χ1) is 7.11. The minimum absolute atomic E-state index is 0.148. The maximum absolute atomic E-state index is 12.4. The van der Waals surface area contributed by atoms with E-state index in [1.165, 1.54) is 4.52 Å². The third-order valence-electron chi connectivity index (χ3n) is 2.04. The molecule has 0 unspecified atom stereocenters. The van der Waals surface area contributed by atoms with Gasteiger partial charge in [0, 0.05) is 12.1 Å². The standard InChI is InChI=1S/C9H8ClF2N3/c1-2-5-3-8-13-6(9(11)12)4-7(10)15(8)14-5/h3-4,9H,2H2,1H3. The lowest BCUT2D eigenvalue weighted by Crippen LogP contribution is -1.97. The lowest BCUT2D eigenvalue weighted by atomic mass is 10.3. The molecular weight excluding hydrogens is 224 g/mol. The van der Waals surface area contributed by atoms with E-state index in [9.17, 15) is 8.78 Å². The number of rotatable bonds is 2. The van der Waals surface area contributed by atoms with Crippen LogP contribution in [0.3, 0.4) is 0 Å². The lowest BCUT2D eigenvalue weighted by molar-refractivity contribution is 0.146. The van der Waals surface area contributed by atoms with E-state index in [2.05, 4.69) is 10.1 Å². The van der Waals surface area contributed by atoms with Gasteiger partial charge in [0.1, 0.15) is 10.8 Å². The molecule has 0 aliphatic carbocycles. The molecule has 0 spiro atoms. The summed E-state index contributed by atoms with van der Waals surface area (Å²) in [5, 5.41) is 4.26. The third-order valence-corrected chi connectivity index (χ3v) is 2.31. The molecule has 2 heterocycles. The van der Waals surface area contributed by atoms with Crippen LogP contribution in [0.15, 0.2) is 12.1 Å². The second-order valence-electron chi connectivity index (χ2n) is 3.06. The van der Waals surface area contributed by atoms with Crippen LogP contribution in [0.5, 0.6) is 0 Å². The van der Waals surface area contributed by atoms with Crippen LogP contribution in [0.25, 0.3) is 5.65 Å². The van der Waals surface area contributed by atoms with Crippen molar-refractivity contribution in [3.05, 3.63) is 28.7 Å². The number of halogens is 3. The van der Waals surface area contributed by atoms with Crippen LogP contribution >= 0.6 is 11.6 Å². The van der Waals surface area contributed by atoms with Crippen molar-refractivity contribution in [2.24, 2.45) is 0 Å². The van der Waals surface area contributed by atoms with Crippen LogP contribution in [0.1, 0.15) is 24.7 Å². The average molecular weight is 232 g/mol. The predicted molar refractivity (Wildman–Crippen MR) is 52.3 cm³/mol. The van der Waals surface area contributed by atoms with Crippen LogP contribution < -0.4 is 0 Å². The summed E-state index contributed by atoms with van der Waals surface area (Å²) >= 11 is 5.80. The molecule has 0 aliphatic heterocycles. The molecule has 6 heteroatoms. The summed E-state index contributed by atoms with van der Waals surface area (Å²) in [4.78, 5) is 3.77. The molecule has 0 saturated carbocycles. The summed E-state index contributed by atoms with van der Waals surface area (Å²) < 4.78 is 26.2. The molecule has 2 rings (SSSR count). The molecule has 80 valence electrons. The zero-order chi connectivity index (χ0) is 11.0. The first-order valence-electron chi connectivity index (χ1n) is 4.45. The smallest absolute Gasteiger partial charge is 0.227 e. The Morgan fingerprint density at radius 1 is 1.47 bits per heavy atom. The van der Waals surface area contributed by atoms with Crippen molar-refractivity contribution >= 4 is 17.2 Å². The number of fused-ring (bicyclic) bond motifs is 1. The van der Waals surface area contributed by atoms with Gasteiger partial charge in [0.05, 0.1) is 5.69 Å². The topological polar surface area (TPSA) is 30.2 Å². The van der Waals surface area contributed by atoms with Crippen molar-refractivity contribution in [2.45, 2.75) is 19.8 Å². The number of alkyl halides is 2. The summed E-state index contributed by atoms with van der Waals surface area (Å²) in [5.41, 5.74) is 0.806. The molecule has 0 atom stereocenters. The van der Waals surface area contributed by atoms with Crippen molar-refractivity contribution in [1.29, 1.82) is 0 Å². The number of aromatic nitrogens is 3. The lowest BCUT2D eigenvalue weighted by Gasteiger charge is -2.01. The van der Waals surface area contributed by atoms with Crippen molar-refractivity contribution in [2.75, 3.05) is 0 Å². The summed E-state index contributed by atoms with van der Waals surface area (Å²) in [7, 11) is 0. The number of aryl methyl sites for hydroxylation is 1. The van der Waals surface area contributed by atoms with Gasteiger partial charge < -0.3 is 0 Å². The summed E-state index contributed by atoms with van der Waals surface area (Å²) in [6.07, 6.45) is -1.91. The molecule has 0 radical (unpaired) electrons. The second kappa shape index (κ2) is 3.73. The normalized spacial score (nSPS) is 11.5. The number of hydrogen-bond acceptors (Lipinski definition) is 2. The summed E-state index contributed by atoms with van der Waals surface area (Å²) in [6, 6.07) is 2.78. The van der Waals surface area contributed by atoms with Gasteiger partial charge in [-0.3, -0.25) is 0 Å². The Kier molecular flexibility index (Phi) is 2.56. The molecule has 0 aromatic carbocycles. The fraction of sp³-hybridized carbons (Fsp3) is 0.333. The molecular formula is C9H8ClF2N3. The second-order valence-corrected chi connectivity index (χ2v) is 3.45. The zero-order valence-electron chi connectivity index (χ0n) is 7.91. The van der Waals surface area contributed by atoms with Crippen molar-refractivity contribution in [3.63, 3.8) is 0 Å². The summed E-state index contributed by atoms with van der Waals surface area (Å²) in [6.45, 7) is 1.92. The Bertz CT molecular complexity index is 495. The van der Waals surface area contributed by atoms with Crippen LogP contribution in [0.4, 0.5) is 8.78 Å². The van der Waals surface area contributed by atoms with E-state index < -0.39 is 6.43 Å². The van der Waals surface area contributed by atoms with Gasteiger partial charge in [-0.1, -0.05) is 18.5 Å². The Labute approximate surface area is 89.7 Å². The van der Waals surface area contributed by atoms with E-state index in [0.717, 1.165) is 11.8 Å². The van der Waals surface area contributed by atoms with E-state index in [0.29, 0.717) is 12.1 Å². The quantitative estimate of drug-likeness (QED) is 0.744. The van der Waals surface area contributed by atoms with Gasteiger partial charge in [0.15, 0.2) is 5.65 Å². The van der Waals surface area contributed by atoms with Crippen LogP contribution in [0.2, 0.25) is 5.15 Å². The third kappa shape index (κ3) is 1.79. The minimum Gasteiger partial charge on any atom is -0.227 e. The van der Waals surface area contributed by atoms with Gasteiger partial charge in [-0.05, 0) is 6.42 Å². The fourth-order valence-electron chi connectivity index (χ4n) is 1.29. The summed E-state index contributed by atoms with van der Waals surface area (Å²) in [5.74, 6) is 0. The number of nitrogens with zero attached hydrogens (tertiary/aromatic N) is 3. The van der Waals surface area contributed by atoms with Crippen LogP contribution in [-0.4, -0.2) is 14.6 Å². The molecule has 0 fully saturated rings. The Morgan fingerprint density at radius 3 is 2.80 bits per heavy atom. The minimum atomic E-state index is -2.62. The molecule has 0 N–H and O–H groups in total. The van der Waals surface area contributed by atoms with Gasteiger partial charge in [0.25, 0.3) is 6.43 Å². The van der Waals surface area contributed by atoms with E-state index in [1.54, 1.807) is 6.07 Å². The molecule has 3 nitrogen and oxygen atoms in total. The monoisotopic (exact) mass is 231 g/mol. The van der Waals surface area contributed by atoms with Gasteiger partial charge in [-0.2, -0.15) is 5.10 Å². The highest BCUT2D eigenvalue weighted by Gasteiger charge is 2.13. The largest absolute Gasteiger partial charge is 0.280 e. The Balaban J connectivity index is 2.65. The maximum atomic E-state index is 12.4. The average Bonchev–Trinajstić information content (AvgIpc) is 2.61. The fourth-order valence-corrected chi connectivity index (χ4v) is 1.52. The van der Waals surface area contributed by atoms with Gasteiger partial charge in [-0.25, -0.2) is 18.3 Å². The first-order valence-corrected chi connectivity index (χ1v) is 4.83. The molecule has 0 saturated heterocycles. The highest BCUT2D eigenvalue weighted by molar-refractivity contribution is 6.29. The van der Waals surface area contributed by atoms with Crippen molar-refractivity contribution in [1.82, 2.24) is 14.6 Å². The molecule has 0 bridgehead atoms. The SMILES string of the molecule is CCc1cc2nc(C(F)F)cc(Cl)n2n1. The van der Waals surface area contributed by atoms with Crippen molar-refractivity contribution in [3.8, 4) is 0 Å². The molecule has 0 aliphatic rings. The Hall–Kier alpha value is -1.23. The van der Waals surface area contributed by atoms with Crippen molar-refractivity contribution < 1.29 is 8.78 Å². The zero-order valence-corrected chi connectivity index (χ0v) is 8.67. The highest BCUT2D eigenvalue weighted by Crippen LogP contribution is 2.21. The van der Waals surface area contributed by atoms with E-state index in [1.807, 2.05) is 6.92 Å². The van der Waals surface area contributed by atoms with Gasteiger partial charge in [-0.15, -0.1) is 0 Å². The molecule has 2 aromatic heterocycles. The molecule has 2 aromatic rings. The van der Waals surface area contributed by atoms with Gasteiger partial charge >= 0.3 is 0 Å². The Morgan fingerprint density at radius 2 is 2.20 bits per heavy atom. The maximum Gasteiger partial charge on any atom is 0.280 e. The highest BCUT2D eigenvalue weighted by atomic mass is 35.5. The van der Waals surface area contributed by atoms with E-state index in [-0.39, 0.29) is 10.8 Å². The molecule has 0 amide bonds. The molecule has 15 heavy (non-hydrogen) atoms. The van der Waals surface area contributed by atoms with E-state index in [4.69, 9.17) is 11.6 Å².